The van der Waals surface area contributed by atoms with E-state index >= 15 is 0 Å². The number of hydrogen-bond donors (Lipinski definition) is 0. The van der Waals surface area contributed by atoms with Crippen LogP contribution in [0.5, 0.6) is 0 Å². The van der Waals surface area contributed by atoms with E-state index in [-0.39, 0.29) is 0 Å². The van der Waals surface area contributed by atoms with Crippen molar-refractivity contribution in [2.75, 3.05) is 0 Å². The molecule has 4 saturated carbocycles. The van der Waals surface area contributed by atoms with Gasteiger partial charge in [-0.15, -0.1) is 0 Å². The first kappa shape index (κ1) is 11.8. The Labute approximate surface area is 113 Å². The van der Waals surface area contributed by atoms with Crippen LogP contribution in [-0.2, 0) is 0 Å². The molecule has 9 unspecified atom stereocenters. The minimum Gasteiger partial charge on any atom is -0.0620 e. The molecule has 0 nitrogen and oxygen atoms in total. The zero-order valence-electron chi connectivity index (χ0n) is 12.8. The molecule has 4 aliphatic rings. The van der Waals surface area contributed by atoms with E-state index in [4.69, 9.17) is 0 Å². The average molecular weight is 246 g/mol. The summed E-state index contributed by atoms with van der Waals surface area (Å²) in [5.74, 6) is 9.83. The van der Waals surface area contributed by atoms with Gasteiger partial charge in [-0.1, -0.05) is 34.6 Å². The molecule has 0 aromatic heterocycles. The van der Waals surface area contributed by atoms with Crippen LogP contribution in [0.15, 0.2) is 0 Å². The van der Waals surface area contributed by atoms with Crippen LogP contribution in [0.2, 0.25) is 0 Å². The Bertz CT molecular complexity index is 363. The van der Waals surface area contributed by atoms with E-state index in [0.29, 0.717) is 5.41 Å². The van der Waals surface area contributed by atoms with Crippen LogP contribution in [0, 0.1) is 58.7 Å². The van der Waals surface area contributed by atoms with Crippen LogP contribution in [0.3, 0.4) is 0 Å². The standard InChI is InChI=1S/C18H30/c1-9-10(2)13-8-12(9)16-11-6-14(17(13)16)15(7-11)18(3,4)5/h9-17H,6-8H2,1-5H3. The fourth-order valence-corrected chi connectivity index (χ4v) is 7.22. The van der Waals surface area contributed by atoms with Crippen molar-refractivity contribution in [1.29, 1.82) is 0 Å². The maximum atomic E-state index is 2.56. The Morgan fingerprint density at radius 1 is 0.722 bits per heavy atom. The van der Waals surface area contributed by atoms with Crippen molar-refractivity contribution in [2.24, 2.45) is 58.7 Å². The lowest BCUT2D eigenvalue weighted by Crippen LogP contribution is -2.41. The van der Waals surface area contributed by atoms with Crippen LogP contribution < -0.4 is 0 Å². The number of rotatable bonds is 0. The van der Waals surface area contributed by atoms with Crippen molar-refractivity contribution in [2.45, 2.75) is 53.9 Å². The fourth-order valence-electron chi connectivity index (χ4n) is 7.22. The van der Waals surface area contributed by atoms with Gasteiger partial charge in [-0.25, -0.2) is 0 Å². The normalized spacial score (nSPS) is 61.5. The molecule has 0 aromatic rings. The van der Waals surface area contributed by atoms with Gasteiger partial charge in [-0.2, -0.15) is 0 Å². The quantitative estimate of drug-likeness (QED) is 0.536. The van der Waals surface area contributed by atoms with Crippen LogP contribution in [0.25, 0.3) is 0 Å². The van der Waals surface area contributed by atoms with Crippen molar-refractivity contribution in [3.8, 4) is 0 Å². The van der Waals surface area contributed by atoms with Gasteiger partial charge in [-0.05, 0) is 77.9 Å². The molecule has 4 rings (SSSR count). The molecule has 0 N–H and O–H groups in total. The maximum Gasteiger partial charge on any atom is -0.0318 e. The Kier molecular flexibility index (Phi) is 2.20. The highest BCUT2D eigenvalue weighted by Gasteiger charge is 2.66. The van der Waals surface area contributed by atoms with Gasteiger partial charge in [0.1, 0.15) is 0 Å². The highest BCUT2D eigenvalue weighted by Crippen LogP contribution is 2.72. The molecular formula is C18H30. The van der Waals surface area contributed by atoms with Crippen molar-refractivity contribution >= 4 is 0 Å². The molecule has 4 bridgehead atoms. The first-order valence-electron chi connectivity index (χ1n) is 8.39. The second-order valence-electron chi connectivity index (χ2n) is 9.30. The van der Waals surface area contributed by atoms with E-state index in [2.05, 4.69) is 34.6 Å². The molecule has 102 valence electrons. The van der Waals surface area contributed by atoms with Gasteiger partial charge in [0.05, 0.1) is 0 Å². The van der Waals surface area contributed by atoms with Gasteiger partial charge in [0.2, 0.25) is 0 Å². The summed E-state index contributed by atoms with van der Waals surface area (Å²) in [6, 6.07) is 0. The summed E-state index contributed by atoms with van der Waals surface area (Å²) in [6.45, 7) is 12.6. The van der Waals surface area contributed by atoms with E-state index in [1.807, 2.05) is 0 Å². The summed E-state index contributed by atoms with van der Waals surface area (Å²) in [4.78, 5) is 0. The summed E-state index contributed by atoms with van der Waals surface area (Å²) in [7, 11) is 0. The molecule has 0 radical (unpaired) electrons. The smallest absolute Gasteiger partial charge is 0.0318 e. The van der Waals surface area contributed by atoms with E-state index in [1.165, 1.54) is 0 Å². The summed E-state index contributed by atoms with van der Waals surface area (Å²) in [5, 5.41) is 0. The van der Waals surface area contributed by atoms with Gasteiger partial charge in [0.25, 0.3) is 0 Å². The third-order valence-corrected chi connectivity index (χ3v) is 7.96. The van der Waals surface area contributed by atoms with Gasteiger partial charge in [0, 0.05) is 0 Å². The lowest BCUT2D eigenvalue weighted by atomic mass is 9.58. The second-order valence-corrected chi connectivity index (χ2v) is 9.30. The van der Waals surface area contributed by atoms with E-state index < -0.39 is 0 Å². The van der Waals surface area contributed by atoms with E-state index in [1.54, 1.807) is 19.3 Å². The Morgan fingerprint density at radius 3 is 1.94 bits per heavy atom. The van der Waals surface area contributed by atoms with Gasteiger partial charge in [-0.3, -0.25) is 0 Å². The summed E-state index contributed by atoms with van der Waals surface area (Å²) < 4.78 is 0. The molecule has 0 aliphatic heterocycles. The molecule has 0 amide bonds. The molecule has 0 saturated heterocycles. The molecule has 4 fully saturated rings. The first-order valence-corrected chi connectivity index (χ1v) is 8.39. The molecule has 0 heterocycles. The van der Waals surface area contributed by atoms with Gasteiger partial charge < -0.3 is 0 Å². The predicted octanol–water partition coefficient (Wildman–Crippen LogP) is 4.84. The highest BCUT2D eigenvalue weighted by atomic mass is 14.7. The topological polar surface area (TPSA) is 0 Å². The third kappa shape index (κ3) is 1.23. The van der Waals surface area contributed by atoms with Gasteiger partial charge >= 0.3 is 0 Å². The molecule has 0 spiro atoms. The second kappa shape index (κ2) is 3.36. The zero-order chi connectivity index (χ0) is 12.8. The lowest BCUT2D eigenvalue weighted by molar-refractivity contribution is 0.0133. The number of fused-ring (bicyclic) bond motifs is 9. The van der Waals surface area contributed by atoms with Gasteiger partial charge in [0.15, 0.2) is 0 Å². The third-order valence-electron chi connectivity index (χ3n) is 7.96. The lowest BCUT2D eigenvalue weighted by Gasteiger charge is -2.46. The molecule has 0 heteroatoms. The summed E-state index contributed by atoms with van der Waals surface area (Å²) in [5.41, 5.74) is 0.557. The highest BCUT2D eigenvalue weighted by molar-refractivity contribution is 5.14. The Balaban J connectivity index is 1.66. The van der Waals surface area contributed by atoms with Crippen molar-refractivity contribution in [1.82, 2.24) is 0 Å². The maximum absolute atomic E-state index is 2.56. The van der Waals surface area contributed by atoms with Crippen LogP contribution in [-0.4, -0.2) is 0 Å². The minimum absolute atomic E-state index is 0.557. The number of hydrogen-bond acceptors (Lipinski definition) is 0. The fraction of sp³-hybridized carbons (Fsp3) is 1.00. The molecule has 0 aromatic carbocycles. The minimum atomic E-state index is 0.557. The average Bonchev–Trinajstić information content (AvgIpc) is 2.97. The van der Waals surface area contributed by atoms with Crippen molar-refractivity contribution < 1.29 is 0 Å². The molecule has 18 heavy (non-hydrogen) atoms. The first-order chi connectivity index (χ1) is 8.39. The van der Waals surface area contributed by atoms with Crippen LogP contribution in [0.4, 0.5) is 0 Å². The van der Waals surface area contributed by atoms with E-state index in [0.717, 1.165) is 53.3 Å². The molecule has 9 atom stereocenters. The van der Waals surface area contributed by atoms with Crippen LogP contribution in [0.1, 0.15) is 53.9 Å². The summed E-state index contributed by atoms with van der Waals surface area (Å²) >= 11 is 0. The van der Waals surface area contributed by atoms with E-state index in [9.17, 15) is 0 Å². The van der Waals surface area contributed by atoms with Crippen LogP contribution >= 0.6 is 0 Å². The predicted molar refractivity (Wildman–Crippen MR) is 76.1 cm³/mol. The SMILES string of the molecule is CC1C(C)C2CC1C1C3CC(C21)C(C(C)(C)C)C3. The largest absolute Gasteiger partial charge is 0.0620 e. The van der Waals surface area contributed by atoms with Crippen molar-refractivity contribution in [3.05, 3.63) is 0 Å². The Morgan fingerprint density at radius 2 is 1.33 bits per heavy atom. The molecular weight excluding hydrogens is 216 g/mol. The molecule has 4 aliphatic carbocycles. The zero-order valence-corrected chi connectivity index (χ0v) is 12.8. The Hall–Kier alpha value is 0. The monoisotopic (exact) mass is 246 g/mol. The summed E-state index contributed by atoms with van der Waals surface area (Å²) in [6.07, 6.45) is 4.77. The van der Waals surface area contributed by atoms with Crippen molar-refractivity contribution in [3.63, 3.8) is 0 Å².